The first-order chi connectivity index (χ1) is 7.93. The van der Waals surface area contributed by atoms with Crippen molar-refractivity contribution in [2.24, 2.45) is 0 Å². The maximum Gasteiger partial charge on any atom is 0.0604 e. The summed E-state index contributed by atoms with van der Waals surface area (Å²) in [5.41, 5.74) is 2.70. The Hall–Kier alpha value is -2.02. The van der Waals surface area contributed by atoms with Crippen molar-refractivity contribution in [1.82, 2.24) is 4.40 Å². The summed E-state index contributed by atoms with van der Waals surface area (Å²) >= 11 is 0. The molecule has 1 aliphatic carbocycles. The number of rotatable bonds is 0. The zero-order chi connectivity index (χ0) is 10.5. The molecule has 0 saturated carbocycles. The molecular weight excluding hydrogens is 194 g/mol. The minimum absolute atomic E-state index is 1.05. The van der Waals surface area contributed by atoms with E-state index < -0.39 is 0 Å². The van der Waals surface area contributed by atoms with Crippen LogP contribution in [0, 0.1) is 0 Å². The highest BCUT2D eigenvalue weighted by Crippen LogP contribution is 2.22. The molecule has 3 aromatic rings. The molecular formula is C15H11N. The zero-order valence-electron chi connectivity index (χ0n) is 8.85. The molecule has 4 rings (SSSR count). The second kappa shape index (κ2) is 2.76. The highest BCUT2D eigenvalue weighted by molar-refractivity contribution is 5.99. The molecule has 0 radical (unpaired) electrons. The third-order valence-corrected chi connectivity index (χ3v) is 3.35. The van der Waals surface area contributed by atoms with Gasteiger partial charge in [-0.2, -0.15) is 0 Å². The fourth-order valence-corrected chi connectivity index (χ4v) is 2.65. The van der Waals surface area contributed by atoms with Gasteiger partial charge in [0.1, 0.15) is 0 Å². The molecule has 1 aliphatic rings. The molecule has 0 aliphatic heterocycles. The van der Waals surface area contributed by atoms with Crippen LogP contribution in [0.15, 0.2) is 42.7 Å². The molecule has 1 heteroatoms. The Labute approximate surface area is 93.3 Å². The third-order valence-electron chi connectivity index (χ3n) is 3.35. The zero-order valence-corrected chi connectivity index (χ0v) is 8.85. The Bertz CT molecular complexity index is 775. The number of hydrogen-bond acceptors (Lipinski definition) is 0. The normalized spacial score (nSPS) is 14.2. The van der Waals surface area contributed by atoms with Crippen LogP contribution in [0.4, 0.5) is 0 Å². The lowest BCUT2D eigenvalue weighted by atomic mass is 10.1. The predicted octanol–water partition coefficient (Wildman–Crippen LogP) is 3.01. The molecule has 0 bridgehead atoms. The van der Waals surface area contributed by atoms with E-state index in [0.29, 0.717) is 0 Å². The van der Waals surface area contributed by atoms with Crippen molar-refractivity contribution in [2.45, 2.75) is 6.42 Å². The van der Waals surface area contributed by atoms with Crippen LogP contribution in [-0.2, 0) is 0 Å². The first-order valence-electron chi connectivity index (χ1n) is 5.62. The van der Waals surface area contributed by atoms with Crippen molar-refractivity contribution in [3.63, 3.8) is 0 Å². The summed E-state index contributed by atoms with van der Waals surface area (Å²) in [5, 5.41) is 4.07. The van der Waals surface area contributed by atoms with Crippen molar-refractivity contribution in [2.75, 3.05) is 0 Å². The first-order valence-corrected chi connectivity index (χ1v) is 5.62. The minimum atomic E-state index is 1.05. The Kier molecular flexibility index (Phi) is 1.41. The number of fused-ring (bicyclic) bond motifs is 5. The van der Waals surface area contributed by atoms with Gasteiger partial charge in [0.15, 0.2) is 0 Å². The molecule has 0 fully saturated rings. The van der Waals surface area contributed by atoms with Crippen LogP contribution in [0.1, 0.15) is 12.0 Å². The molecule has 1 nitrogen and oxygen atoms in total. The molecule has 0 spiro atoms. The maximum absolute atomic E-state index is 2.32. The number of nitrogens with zero attached hydrogens (tertiary/aromatic N) is 1. The summed E-state index contributed by atoms with van der Waals surface area (Å²) in [6.45, 7) is 0. The molecule has 0 saturated heterocycles. The lowest BCUT2D eigenvalue weighted by molar-refractivity contribution is 1.24. The average Bonchev–Trinajstić information content (AvgIpc) is 2.83. The fraction of sp³-hybridized carbons (Fsp3) is 0.0667. The minimum Gasteiger partial charge on any atom is -0.321 e. The number of aromatic nitrogens is 1. The van der Waals surface area contributed by atoms with Gasteiger partial charge in [0.05, 0.1) is 5.52 Å². The molecule has 0 unspecified atom stereocenters. The Balaban J connectivity index is 2.32. The van der Waals surface area contributed by atoms with E-state index in [0.717, 1.165) is 6.42 Å². The Morgan fingerprint density at radius 1 is 1.06 bits per heavy atom. The summed E-state index contributed by atoms with van der Waals surface area (Å²) < 4.78 is 2.25. The summed E-state index contributed by atoms with van der Waals surface area (Å²) in [4.78, 5) is 0. The highest BCUT2D eigenvalue weighted by atomic mass is 14.9. The smallest absolute Gasteiger partial charge is 0.0604 e. The van der Waals surface area contributed by atoms with E-state index in [4.69, 9.17) is 0 Å². The molecule has 0 atom stereocenters. The van der Waals surface area contributed by atoms with Gasteiger partial charge in [-0.1, -0.05) is 42.5 Å². The van der Waals surface area contributed by atoms with Gasteiger partial charge in [0.2, 0.25) is 0 Å². The van der Waals surface area contributed by atoms with Gasteiger partial charge in [0, 0.05) is 28.4 Å². The van der Waals surface area contributed by atoms with E-state index in [9.17, 15) is 0 Å². The van der Waals surface area contributed by atoms with Crippen LogP contribution in [0.5, 0.6) is 0 Å². The van der Waals surface area contributed by atoms with Crippen LogP contribution in [0.2, 0.25) is 0 Å². The first kappa shape index (κ1) is 8.17. The second-order valence-corrected chi connectivity index (χ2v) is 4.31. The van der Waals surface area contributed by atoms with Crippen LogP contribution >= 0.6 is 0 Å². The molecule has 2 heterocycles. The molecule has 2 aromatic heterocycles. The Morgan fingerprint density at radius 2 is 2.00 bits per heavy atom. The maximum atomic E-state index is 2.32. The van der Waals surface area contributed by atoms with Crippen molar-refractivity contribution >= 4 is 28.4 Å². The van der Waals surface area contributed by atoms with Gasteiger partial charge in [-0.3, -0.25) is 0 Å². The molecule has 0 amide bonds. The summed E-state index contributed by atoms with van der Waals surface area (Å²) in [5.74, 6) is 0. The number of allylic oxidation sites excluding steroid dienone is 1. The van der Waals surface area contributed by atoms with Crippen molar-refractivity contribution in [3.8, 4) is 0 Å². The van der Waals surface area contributed by atoms with E-state index in [1.165, 1.54) is 27.1 Å². The van der Waals surface area contributed by atoms with Gasteiger partial charge >= 0.3 is 0 Å². The van der Waals surface area contributed by atoms with E-state index in [1.54, 1.807) is 0 Å². The molecule has 76 valence electrons. The quantitative estimate of drug-likeness (QED) is 0.531. The lowest BCUT2D eigenvalue weighted by Crippen LogP contribution is -2.03. The van der Waals surface area contributed by atoms with Gasteiger partial charge in [0.25, 0.3) is 0 Å². The summed E-state index contributed by atoms with van der Waals surface area (Å²) in [7, 11) is 0. The van der Waals surface area contributed by atoms with Crippen LogP contribution in [0.25, 0.3) is 28.4 Å². The SMILES string of the molecule is C1=Cc2cn3cc4ccccc4c3c2=CC1. The predicted molar refractivity (Wildman–Crippen MR) is 68.2 cm³/mol. The van der Waals surface area contributed by atoms with E-state index >= 15 is 0 Å². The molecule has 0 N–H and O–H groups in total. The summed E-state index contributed by atoms with van der Waals surface area (Å²) in [6.07, 6.45) is 12.2. The number of hydrogen-bond donors (Lipinski definition) is 0. The van der Waals surface area contributed by atoms with Crippen molar-refractivity contribution in [1.29, 1.82) is 0 Å². The largest absolute Gasteiger partial charge is 0.321 e. The molecule has 16 heavy (non-hydrogen) atoms. The van der Waals surface area contributed by atoms with Gasteiger partial charge < -0.3 is 4.40 Å². The molecule has 1 aromatic carbocycles. The second-order valence-electron chi connectivity index (χ2n) is 4.31. The van der Waals surface area contributed by atoms with E-state index in [-0.39, 0.29) is 0 Å². The van der Waals surface area contributed by atoms with E-state index in [2.05, 4.69) is 59.3 Å². The average molecular weight is 205 g/mol. The highest BCUT2D eigenvalue weighted by Gasteiger charge is 2.09. The van der Waals surface area contributed by atoms with Gasteiger partial charge in [-0.15, -0.1) is 0 Å². The fourth-order valence-electron chi connectivity index (χ4n) is 2.65. The standard InChI is InChI=1S/C15H11N/c1-3-7-13-11(5-1)9-16-10-12-6-2-4-8-14(12)15(13)16/h1-3,5-10H,4H2. The number of benzene rings is 1. The van der Waals surface area contributed by atoms with Crippen molar-refractivity contribution < 1.29 is 0 Å². The van der Waals surface area contributed by atoms with Crippen molar-refractivity contribution in [3.05, 3.63) is 53.5 Å². The monoisotopic (exact) mass is 205 g/mol. The lowest BCUT2D eigenvalue weighted by Gasteiger charge is -1.95. The van der Waals surface area contributed by atoms with Crippen LogP contribution in [0.3, 0.4) is 0 Å². The van der Waals surface area contributed by atoms with E-state index in [1.807, 2.05) is 0 Å². The van der Waals surface area contributed by atoms with Crippen LogP contribution < -0.4 is 5.22 Å². The third kappa shape index (κ3) is 0.904. The van der Waals surface area contributed by atoms with Gasteiger partial charge in [-0.05, 0) is 12.0 Å². The Morgan fingerprint density at radius 3 is 3.00 bits per heavy atom. The van der Waals surface area contributed by atoms with Crippen LogP contribution in [-0.4, -0.2) is 4.40 Å². The van der Waals surface area contributed by atoms with Gasteiger partial charge in [-0.25, -0.2) is 0 Å². The topological polar surface area (TPSA) is 4.41 Å². The summed E-state index contributed by atoms with van der Waals surface area (Å²) in [6, 6.07) is 8.59.